The van der Waals surface area contributed by atoms with Gasteiger partial charge in [-0.15, -0.1) is 0 Å². The molecule has 1 saturated carbocycles. The molecule has 3 rings (SSSR count). The summed E-state index contributed by atoms with van der Waals surface area (Å²) in [6.45, 7) is 1.76. The summed E-state index contributed by atoms with van der Waals surface area (Å²) in [5, 5.41) is 3.52. The van der Waals surface area contributed by atoms with Crippen molar-refractivity contribution in [1.29, 1.82) is 0 Å². The van der Waals surface area contributed by atoms with Crippen molar-refractivity contribution >= 4 is 15.9 Å². The van der Waals surface area contributed by atoms with Crippen LogP contribution in [0.15, 0.2) is 22.7 Å². The third-order valence-electron chi connectivity index (χ3n) is 4.50. The van der Waals surface area contributed by atoms with E-state index in [1.54, 1.807) is 0 Å². The highest BCUT2D eigenvalue weighted by molar-refractivity contribution is 9.10. The monoisotopic (exact) mass is 341 g/mol. The van der Waals surface area contributed by atoms with Crippen molar-refractivity contribution < 1.29 is 9.13 Å². The molecule has 20 heavy (non-hydrogen) atoms. The summed E-state index contributed by atoms with van der Waals surface area (Å²) in [5.41, 5.74) is 1.04. The van der Waals surface area contributed by atoms with E-state index in [0.717, 1.165) is 31.5 Å². The van der Waals surface area contributed by atoms with Crippen molar-refractivity contribution in [1.82, 2.24) is 5.32 Å². The Morgan fingerprint density at radius 1 is 1.20 bits per heavy atom. The second kappa shape index (κ2) is 6.12. The van der Waals surface area contributed by atoms with Crippen LogP contribution in [0.1, 0.15) is 50.2 Å². The predicted molar refractivity (Wildman–Crippen MR) is 81.2 cm³/mol. The molecule has 2 aliphatic rings. The normalized spacial score (nSPS) is 26.4. The van der Waals surface area contributed by atoms with E-state index in [4.69, 9.17) is 4.74 Å². The SMILES string of the molecule is Fc1ccc(C2CNCC3(CCCCCC3)O2)cc1Br. The van der Waals surface area contributed by atoms with Crippen LogP contribution in [0.3, 0.4) is 0 Å². The maximum atomic E-state index is 13.4. The van der Waals surface area contributed by atoms with Gasteiger partial charge < -0.3 is 10.1 Å². The van der Waals surface area contributed by atoms with Gasteiger partial charge in [0.2, 0.25) is 0 Å². The molecule has 1 aliphatic carbocycles. The van der Waals surface area contributed by atoms with Gasteiger partial charge in [-0.3, -0.25) is 0 Å². The highest BCUT2D eigenvalue weighted by Crippen LogP contribution is 2.37. The summed E-state index contributed by atoms with van der Waals surface area (Å²) in [6, 6.07) is 5.19. The fraction of sp³-hybridized carbons (Fsp3) is 0.625. The van der Waals surface area contributed by atoms with E-state index >= 15 is 0 Å². The van der Waals surface area contributed by atoms with Crippen LogP contribution in [0, 0.1) is 5.82 Å². The average molecular weight is 342 g/mol. The quantitative estimate of drug-likeness (QED) is 0.820. The molecule has 4 heteroatoms. The van der Waals surface area contributed by atoms with Crippen molar-refractivity contribution in [3.8, 4) is 0 Å². The number of nitrogens with one attached hydrogen (secondary N) is 1. The predicted octanol–water partition coefficient (Wildman–Crippen LogP) is 4.34. The van der Waals surface area contributed by atoms with Gasteiger partial charge in [-0.1, -0.05) is 31.7 Å². The lowest BCUT2D eigenvalue weighted by Crippen LogP contribution is -2.50. The summed E-state index contributed by atoms with van der Waals surface area (Å²) in [4.78, 5) is 0. The molecule has 1 aromatic carbocycles. The van der Waals surface area contributed by atoms with E-state index in [9.17, 15) is 4.39 Å². The molecule has 1 unspecified atom stereocenters. The second-order valence-corrected chi connectivity index (χ2v) is 6.86. The first kappa shape index (κ1) is 14.5. The Hall–Kier alpha value is -0.450. The third-order valence-corrected chi connectivity index (χ3v) is 5.11. The average Bonchev–Trinajstić information content (AvgIpc) is 2.68. The van der Waals surface area contributed by atoms with E-state index in [1.165, 1.54) is 31.7 Å². The minimum atomic E-state index is -0.221. The van der Waals surface area contributed by atoms with E-state index in [2.05, 4.69) is 21.2 Å². The lowest BCUT2D eigenvalue weighted by atomic mass is 9.91. The first-order valence-electron chi connectivity index (χ1n) is 7.52. The Labute approximate surface area is 128 Å². The van der Waals surface area contributed by atoms with E-state index < -0.39 is 0 Å². The third kappa shape index (κ3) is 3.07. The highest BCUT2D eigenvalue weighted by atomic mass is 79.9. The van der Waals surface area contributed by atoms with Gasteiger partial charge in [0, 0.05) is 13.1 Å². The molecule has 1 aliphatic heterocycles. The lowest BCUT2D eigenvalue weighted by Gasteiger charge is -2.41. The van der Waals surface area contributed by atoms with E-state index in [-0.39, 0.29) is 17.5 Å². The molecule has 1 spiro atoms. The van der Waals surface area contributed by atoms with Crippen LogP contribution in [-0.2, 0) is 4.74 Å². The summed E-state index contributed by atoms with van der Waals surface area (Å²) in [6.07, 6.45) is 7.44. The van der Waals surface area contributed by atoms with E-state index in [0.29, 0.717) is 4.47 Å². The van der Waals surface area contributed by atoms with Crippen LogP contribution in [0.25, 0.3) is 0 Å². The van der Waals surface area contributed by atoms with Gasteiger partial charge in [0.25, 0.3) is 0 Å². The summed E-state index contributed by atoms with van der Waals surface area (Å²) < 4.78 is 20.3. The lowest BCUT2D eigenvalue weighted by molar-refractivity contribution is -0.126. The number of hydrogen-bond donors (Lipinski definition) is 1. The second-order valence-electron chi connectivity index (χ2n) is 6.01. The van der Waals surface area contributed by atoms with Gasteiger partial charge >= 0.3 is 0 Å². The molecule has 1 aromatic rings. The van der Waals surface area contributed by atoms with Crippen LogP contribution in [0.4, 0.5) is 4.39 Å². The maximum Gasteiger partial charge on any atom is 0.137 e. The number of halogens is 2. The molecule has 2 fully saturated rings. The van der Waals surface area contributed by atoms with Crippen LogP contribution in [0.5, 0.6) is 0 Å². The summed E-state index contributed by atoms with van der Waals surface area (Å²) in [7, 11) is 0. The minimum Gasteiger partial charge on any atom is -0.364 e. The molecule has 110 valence electrons. The van der Waals surface area contributed by atoms with Gasteiger partial charge in [0.05, 0.1) is 16.2 Å². The molecule has 1 atom stereocenters. The van der Waals surface area contributed by atoms with Gasteiger partial charge in [0.15, 0.2) is 0 Å². The van der Waals surface area contributed by atoms with Crippen molar-refractivity contribution in [2.24, 2.45) is 0 Å². The standard InChI is InChI=1S/C16H21BrFNO/c17-13-9-12(5-6-14(13)18)15-10-19-11-16(20-15)7-3-1-2-4-8-16/h5-6,9,15,19H,1-4,7-8,10-11H2. The zero-order valence-electron chi connectivity index (χ0n) is 11.6. The van der Waals surface area contributed by atoms with Crippen molar-refractivity contribution in [3.63, 3.8) is 0 Å². The number of morpholine rings is 1. The minimum absolute atomic E-state index is 0.0136. The first-order chi connectivity index (χ1) is 9.69. The smallest absolute Gasteiger partial charge is 0.137 e. The van der Waals surface area contributed by atoms with Gasteiger partial charge in [0.1, 0.15) is 5.82 Å². The van der Waals surface area contributed by atoms with Crippen LogP contribution in [-0.4, -0.2) is 18.7 Å². The molecular formula is C16H21BrFNO. The highest BCUT2D eigenvalue weighted by Gasteiger charge is 2.37. The molecule has 0 amide bonds. The number of ether oxygens (including phenoxy) is 1. The van der Waals surface area contributed by atoms with Crippen LogP contribution < -0.4 is 5.32 Å². The summed E-state index contributed by atoms with van der Waals surface area (Å²) >= 11 is 3.26. The molecule has 1 N–H and O–H groups in total. The van der Waals surface area contributed by atoms with Crippen LogP contribution in [0.2, 0.25) is 0 Å². The Bertz CT molecular complexity index is 472. The maximum absolute atomic E-state index is 13.4. The van der Waals surface area contributed by atoms with Gasteiger partial charge in [-0.25, -0.2) is 4.39 Å². The Balaban J connectivity index is 1.78. The fourth-order valence-electron chi connectivity index (χ4n) is 3.38. The van der Waals surface area contributed by atoms with E-state index in [1.807, 2.05) is 12.1 Å². The first-order valence-corrected chi connectivity index (χ1v) is 8.31. The van der Waals surface area contributed by atoms with Gasteiger partial charge in [-0.2, -0.15) is 0 Å². The summed E-state index contributed by atoms with van der Waals surface area (Å²) in [5.74, 6) is -0.221. The molecule has 0 radical (unpaired) electrons. The van der Waals surface area contributed by atoms with Crippen molar-refractivity contribution in [2.75, 3.05) is 13.1 Å². The van der Waals surface area contributed by atoms with Crippen molar-refractivity contribution in [3.05, 3.63) is 34.1 Å². The molecule has 0 aromatic heterocycles. The topological polar surface area (TPSA) is 21.3 Å². The number of hydrogen-bond acceptors (Lipinski definition) is 2. The fourth-order valence-corrected chi connectivity index (χ4v) is 3.78. The number of benzene rings is 1. The van der Waals surface area contributed by atoms with Gasteiger partial charge in [-0.05, 0) is 46.5 Å². The number of rotatable bonds is 1. The van der Waals surface area contributed by atoms with Crippen LogP contribution >= 0.6 is 15.9 Å². The largest absolute Gasteiger partial charge is 0.364 e. The Morgan fingerprint density at radius 3 is 2.65 bits per heavy atom. The van der Waals surface area contributed by atoms with Crippen molar-refractivity contribution in [2.45, 2.75) is 50.2 Å². The molecule has 1 heterocycles. The zero-order valence-corrected chi connectivity index (χ0v) is 13.2. The molecular weight excluding hydrogens is 321 g/mol. The zero-order chi connectivity index (χ0) is 14.0. The molecule has 2 nitrogen and oxygen atoms in total. The molecule has 0 bridgehead atoms. The Kier molecular flexibility index (Phi) is 4.43. The molecule has 1 saturated heterocycles. The Morgan fingerprint density at radius 2 is 1.95 bits per heavy atom.